The van der Waals surface area contributed by atoms with E-state index in [1.165, 1.54) is 17.3 Å². The van der Waals surface area contributed by atoms with E-state index in [0.29, 0.717) is 56.1 Å². The lowest BCUT2D eigenvalue weighted by molar-refractivity contribution is -0.148. The second-order valence-corrected chi connectivity index (χ2v) is 12.4. The quantitative estimate of drug-likeness (QED) is 0.0761. The molecular formula is C38H35F6N5O3. The molecule has 3 heterocycles. The average Bonchev–Trinajstić information content (AvgIpc) is 3.14. The second-order valence-electron chi connectivity index (χ2n) is 12.4. The van der Waals surface area contributed by atoms with Crippen LogP contribution in [0.25, 0.3) is 10.8 Å². The van der Waals surface area contributed by atoms with Crippen molar-refractivity contribution in [2.45, 2.75) is 51.5 Å². The van der Waals surface area contributed by atoms with Crippen molar-refractivity contribution < 1.29 is 40.6 Å². The Morgan fingerprint density at radius 2 is 1.42 bits per heavy atom. The molecule has 1 atom stereocenters. The van der Waals surface area contributed by atoms with Gasteiger partial charge >= 0.3 is 18.3 Å². The van der Waals surface area contributed by atoms with Crippen LogP contribution in [0.1, 0.15) is 53.9 Å². The number of anilines is 2. The van der Waals surface area contributed by atoms with Crippen LogP contribution >= 0.6 is 0 Å². The largest absolute Gasteiger partial charge is 0.466 e. The molecule has 1 saturated heterocycles. The number of hydrogen-bond acceptors (Lipinski definition) is 8. The normalized spacial score (nSPS) is 14.7. The standard InChI is InChI=1S/C38H35F6N5O3/c1-2-51-35(50)27-12-14-48(15-13-27)32-21-46-36(47-22-32)49(23-26-16-30(37(39,40)41)19-31(17-26)38(42,43)44)34(52-24-25-8-4-3-5-9-25)33-18-28-10-6-7-11-29(28)20-45-33/h3-11,16-22,27,34H,2,12-15,23-24H2,1H3. The SMILES string of the molecule is CCOC(=O)C1CCN(c2cnc(N(Cc3cc(C(F)(F)F)cc(C(F)(F)F)c3)C(OCc3ccccc3)c3cc4ccccc4cn3)nc2)CC1. The van der Waals surface area contributed by atoms with Gasteiger partial charge in [-0.2, -0.15) is 26.3 Å². The minimum Gasteiger partial charge on any atom is -0.466 e. The highest BCUT2D eigenvalue weighted by molar-refractivity contribution is 5.82. The minimum atomic E-state index is -5.04. The number of esters is 1. The lowest BCUT2D eigenvalue weighted by Crippen LogP contribution is -2.37. The summed E-state index contributed by atoms with van der Waals surface area (Å²) in [6, 6.07) is 19.8. The number of hydrogen-bond donors (Lipinski definition) is 0. The first-order valence-corrected chi connectivity index (χ1v) is 16.7. The number of nitrogens with zero attached hydrogens (tertiary/aromatic N) is 5. The predicted octanol–water partition coefficient (Wildman–Crippen LogP) is 8.76. The fourth-order valence-corrected chi connectivity index (χ4v) is 6.15. The fraction of sp³-hybridized carbons (Fsp3) is 0.316. The molecule has 1 aliphatic heterocycles. The van der Waals surface area contributed by atoms with E-state index in [0.717, 1.165) is 16.3 Å². The van der Waals surface area contributed by atoms with Crippen molar-refractivity contribution in [2.75, 3.05) is 29.5 Å². The summed E-state index contributed by atoms with van der Waals surface area (Å²) in [5, 5.41) is 1.61. The van der Waals surface area contributed by atoms with Gasteiger partial charge in [0.15, 0.2) is 6.23 Å². The number of carbonyl (C=O) groups excluding carboxylic acids is 1. The molecule has 6 rings (SSSR count). The van der Waals surface area contributed by atoms with Crippen LogP contribution < -0.4 is 9.80 Å². The van der Waals surface area contributed by atoms with Crippen molar-refractivity contribution in [3.8, 4) is 0 Å². The van der Waals surface area contributed by atoms with Crippen molar-refractivity contribution in [3.63, 3.8) is 0 Å². The third-order valence-corrected chi connectivity index (χ3v) is 8.80. The molecule has 0 spiro atoms. The summed E-state index contributed by atoms with van der Waals surface area (Å²) in [5.74, 6) is -0.474. The van der Waals surface area contributed by atoms with E-state index in [1.807, 2.05) is 59.5 Å². The van der Waals surface area contributed by atoms with Gasteiger partial charge in [0.25, 0.3) is 0 Å². The van der Waals surface area contributed by atoms with Gasteiger partial charge in [-0.15, -0.1) is 0 Å². The van der Waals surface area contributed by atoms with Crippen LogP contribution in [0.4, 0.5) is 38.0 Å². The van der Waals surface area contributed by atoms with E-state index in [9.17, 15) is 31.1 Å². The van der Waals surface area contributed by atoms with Crippen LogP contribution in [0.5, 0.6) is 0 Å². The highest BCUT2D eigenvalue weighted by atomic mass is 19.4. The Kier molecular flexibility index (Phi) is 10.9. The molecule has 0 N–H and O–H groups in total. The van der Waals surface area contributed by atoms with E-state index in [4.69, 9.17) is 9.47 Å². The zero-order chi connectivity index (χ0) is 36.9. The molecule has 272 valence electrons. The molecule has 0 radical (unpaired) electrons. The van der Waals surface area contributed by atoms with Gasteiger partial charge in [0.2, 0.25) is 5.95 Å². The number of pyridine rings is 1. The average molecular weight is 724 g/mol. The van der Waals surface area contributed by atoms with E-state index in [-0.39, 0.29) is 36.1 Å². The molecule has 2 aromatic heterocycles. The van der Waals surface area contributed by atoms with Crippen LogP contribution in [-0.4, -0.2) is 40.6 Å². The Bertz CT molecular complexity index is 1930. The Morgan fingerprint density at radius 3 is 2.04 bits per heavy atom. The fourth-order valence-electron chi connectivity index (χ4n) is 6.15. The molecule has 0 bridgehead atoms. The third kappa shape index (κ3) is 8.79. The van der Waals surface area contributed by atoms with Crippen molar-refractivity contribution in [3.05, 3.63) is 125 Å². The molecule has 0 amide bonds. The zero-order valence-corrected chi connectivity index (χ0v) is 28.1. The van der Waals surface area contributed by atoms with Crippen LogP contribution in [0, 0.1) is 5.92 Å². The number of alkyl halides is 6. The van der Waals surface area contributed by atoms with E-state index in [2.05, 4.69) is 15.0 Å². The van der Waals surface area contributed by atoms with Gasteiger partial charge in [-0.1, -0.05) is 54.6 Å². The van der Waals surface area contributed by atoms with Crippen molar-refractivity contribution >= 4 is 28.4 Å². The van der Waals surface area contributed by atoms with Gasteiger partial charge in [-0.05, 0) is 60.5 Å². The molecule has 1 fully saturated rings. The molecular weight excluding hydrogens is 688 g/mol. The minimum absolute atomic E-state index is 0.0100. The van der Waals surface area contributed by atoms with Gasteiger partial charge in [0.1, 0.15) is 0 Å². The number of ether oxygens (including phenoxy) is 2. The number of aromatic nitrogens is 3. The predicted molar refractivity (Wildman–Crippen MR) is 182 cm³/mol. The maximum Gasteiger partial charge on any atom is 0.416 e. The second kappa shape index (κ2) is 15.6. The first kappa shape index (κ1) is 36.5. The molecule has 52 heavy (non-hydrogen) atoms. The summed E-state index contributed by atoms with van der Waals surface area (Å²) in [7, 11) is 0. The van der Waals surface area contributed by atoms with E-state index in [1.54, 1.807) is 19.2 Å². The molecule has 3 aromatic carbocycles. The van der Waals surface area contributed by atoms with Crippen molar-refractivity contribution in [1.29, 1.82) is 0 Å². The Labute approximate surface area is 296 Å². The summed E-state index contributed by atoms with van der Waals surface area (Å²) < 4.78 is 95.2. The summed E-state index contributed by atoms with van der Waals surface area (Å²) >= 11 is 0. The van der Waals surface area contributed by atoms with Crippen LogP contribution in [0.15, 0.2) is 97.5 Å². The Balaban J connectivity index is 1.41. The van der Waals surface area contributed by atoms with E-state index >= 15 is 0 Å². The summed E-state index contributed by atoms with van der Waals surface area (Å²) in [6.45, 7) is 2.65. The molecule has 14 heteroatoms. The molecule has 0 aliphatic carbocycles. The smallest absolute Gasteiger partial charge is 0.416 e. The molecule has 5 aromatic rings. The highest BCUT2D eigenvalue weighted by Crippen LogP contribution is 2.38. The number of piperidine rings is 1. The zero-order valence-electron chi connectivity index (χ0n) is 28.1. The molecule has 1 aliphatic rings. The molecule has 8 nitrogen and oxygen atoms in total. The first-order chi connectivity index (χ1) is 24.9. The third-order valence-electron chi connectivity index (χ3n) is 8.80. The Morgan fingerprint density at radius 1 is 0.808 bits per heavy atom. The van der Waals surface area contributed by atoms with Crippen molar-refractivity contribution in [2.24, 2.45) is 5.92 Å². The maximum atomic E-state index is 13.9. The van der Waals surface area contributed by atoms with Gasteiger partial charge in [-0.3, -0.25) is 9.78 Å². The van der Waals surface area contributed by atoms with Crippen LogP contribution in [-0.2, 0) is 39.8 Å². The number of benzene rings is 3. The summed E-state index contributed by atoms with van der Waals surface area (Å²) in [4.78, 5) is 29.4. The monoisotopic (exact) mass is 723 g/mol. The van der Waals surface area contributed by atoms with Crippen LogP contribution in [0.3, 0.4) is 0 Å². The highest BCUT2D eigenvalue weighted by Gasteiger charge is 2.38. The number of halogens is 6. The number of fused-ring (bicyclic) bond motifs is 1. The van der Waals surface area contributed by atoms with Gasteiger partial charge in [-0.25, -0.2) is 9.97 Å². The topological polar surface area (TPSA) is 80.7 Å². The van der Waals surface area contributed by atoms with Gasteiger partial charge < -0.3 is 19.3 Å². The summed E-state index contributed by atoms with van der Waals surface area (Å²) in [5.41, 5.74) is -1.42. The number of carbonyl (C=O) groups is 1. The lowest BCUT2D eigenvalue weighted by Gasteiger charge is -2.34. The van der Waals surface area contributed by atoms with Gasteiger partial charge in [0.05, 0.1) is 54.0 Å². The molecule has 0 saturated carbocycles. The summed E-state index contributed by atoms with van der Waals surface area (Å²) in [6.07, 6.45) is -5.41. The van der Waals surface area contributed by atoms with E-state index < -0.39 is 36.3 Å². The lowest BCUT2D eigenvalue weighted by atomic mass is 9.97. The molecule has 1 unspecified atom stereocenters. The van der Waals surface area contributed by atoms with Gasteiger partial charge in [0, 0.05) is 31.2 Å². The number of rotatable bonds is 11. The van der Waals surface area contributed by atoms with Crippen LogP contribution in [0.2, 0.25) is 0 Å². The van der Waals surface area contributed by atoms with Crippen molar-refractivity contribution in [1.82, 2.24) is 15.0 Å². The first-order valence-electron chi connectivity index (χ1n) is 16.7. The Hall–Kier alpha value is -5.24. The maximum absolute atomic E-state index is 13.9.